The Morgan fingerprint density at radius 3 is 2.58 bits per heavy atom. The highest BCUT2D eigenvalue weighted by Gasteiger charge is 2.41. The van der Waals surface area contributed by atoms with Crippen molar-refractivity contribution < 1.29 is 14.3 Å². The summed E-state index contributed by atoms with van der Waals surface area (Å²) in [4.78, 5) is 29.5. The smallest absolute Gasteiger partial charge is 0.350 e. The minimum Gasteiger partial charge on any atom is -0.465 e. The number of nitrogens with zero attached hydrogens (tertiary/aromatic N) is 1. The molecular formula is C26H35NO3S. The fourth-order valence-corrected chi connectivity index (χ4v) is 5.70. The zero-order chi connectivity index (χ0) is 22.6. The number of hydrogen-bond acceptors (Lipinski definition) is 4. The van der Waals surface area contributed by atoms with Crippen molar-refractivity contribution in [2.45, 2.75) is 78.2 Å². The Kier molecular flexibility index (Phi) is 7.64. The highest BCUT2D eigenvalue weighted by atomic mass is 32.1. The van der Waals surface area contributed by atoms with E-state index >= 15 is 0 Å². The van der Waals surface area contributed by atoms with Gasteiger partial charge in [-0.1, -0.05) is 37.2 Å². The molecule has 1 aliphatic heterocycles. The van der Waals surface area contributed by atoms with E-state index in [9.17, 15) is 9.59 Å². The molecule has 1 saturated carbocycles. The van der Waals surface area contributed by atoms with Gasteiger partial charge in [0.05, 0.1) is 17.7 Å². The molecule has 0 radical (unpaired) electrons. The van der Waals surface area contributed by atoms with Gasteiger partial charge in [-0.25, -0.2) is 4.79 Å². The van der Waals surface area contributed by atoms with E-state index in [1.54, 1.807) is 0 Å². The number of thiophene rings is 1. The highest BCUT2D eigenvalue weighted by Crippen LogP contribution is 2.42. The van der Waals surface area contributed by atoms with E-state index in [-0.39, 0.29) is 23.3 Å². The highest BCUT2D eigenvalue weighted by molar-refractivity contribution is 7.15. The minimum absolute atomic E-state index is 0.0770. The van der Waals surface area contributed by atoms with Gasteiger partial charge in [-0.15, -0.1) is 17.9 Å². The summed E-state index contributed by atoms with van der Waals surface area (Å²) in [5.74, 6) is 6.58. The molecule has 0 N–H and O–H groups in total. The Morgan fingerprint density at radius 1 is 1.26 bits per heavy atom. The van der Waals surface area contributed by atoms with Crippen molar-refractivity contribution in [2.75, 3.05) is 12.0 Å². The van der Waals surface area contributed by atoms with E-state index in [4.69, 9.17) is 4.74 Å². The van der Waals surface area contributed by atoms with E-state index in [1.165, 1.54) is 37.7 Å². The van der Waals surface area contributed by atoms with Crippen molar-refractivity contribution in [1.29, 1.82) is 0 Å². The lowest BCUT2D eigenvalue weighted by Gasteiger charge is -2.44. The molecule has 1 saturated heterocycles. The third kappa shape index (κ3) is 5.60. The van der Waals surface area contributed by atoms with E-state index in [1.807, 2.05) is 17.0 Å². The number of carbonyl (C=O) groups excluding carboxylic acids is 2. The number of carbonyl (C=O) groups is 2. The van der Waals surface area contributed by atoms with Crippen LogP contribution in [-0.2, 0) is 9.53 Å². The largest absolute Gasteiger partial charge is 0.465 e. The first-order chi connectivity index (χ1) is 14.7. The lowest BCUT2D eigenvalue weighted by Crippen LogP contribution is -2.52. The molecule has 1 aromatic rings. The zero-order valence-electron chi connectivity index (χ0n) is 19.3. The molecule has 2 atom stereocenters. The Morgan fingerprint density at radius 2 is 1.97 bits per heavy atom. The van der Waals surface area contributed by atoms with Crippen molar-refractivity contribution in [3.8, 4) is 11.8 Å². The monoisotopic (exact) mass is 441 g/mol. The van der Waals surface area contributed by atoms with Gasteiger partial charge in [0.2, 0.25) is 5.91 Å². The van der Waals surface area contributed by atoms with Gasteiger partial charge in [-0.05, 0) is 64.9 Å². The van der Waals surface area contributed by atoms with Crippen molar-refractivity contribution in [2.24, 2.45) is 17.3 Å². The normalized spacial score (nSPS) is 22.6. The predicted octanol–water partition coefficient (Wildman–Crippen LogP) is 6.20. The van der Waals surface area contributed by atoms with Crippen LogP contribution in [0.2, 0.25) is 0 Å². The van der Waals surface area contributed by atoms with Crippen LogP contribution in [0.4, 0.5) is 5.69 Å². The SMILES string of the molecule is C=CCC1CC[C@@H](C2CCCCC2)N(c2cc(C#CC(C)(C)C)sc2C(=O)OC)C1=O. The fourth-order valence-electron chi connectivity index (χ4n) is 4.78. The molecule has 0 aromatic carbocycles. The van der Waals surface area contributed by atoms with Gasteiger partial charge >= 0.3 is 5.97 Å². The zero-order valence-corrected chi connectivity index (χ0v) is 20.1. The number of anilines is 1. The van der Waals surface area contributed by atoms with E-state index in [0.717, 1.165) is 30.6 Å². The summed E-state index contributed by atoms with van der Waals surface area (Å²) >= 11 is 1.33. The topological polar surface area (TPSA) is 46.6 Å². The van der Waals surface area contributed by atoms with Crippen LogP contribution in [-0.4, -0.2) is 25.0 Å². The van der Waals surface area contributed by atoms with Crippen molar-refractivity contribution in [3.05, 3.63) is 28.5 Å². The molecule has 1 aliphatic carbocycles. The van der Waals surface area contributed by atoms with Crippen LogP contribution < -0.4 is 4.90 Å². The summed E-state index contributed by atoms with van der Waals surface area (Å²) in [5.41, 5.74) is 0.542. The molecule has 3 rings (SSSR count). The van der Waals surface area contributed by atoms with E-state index in [2.05, 4.69) is 39.2 Å². The van der Waals surface area contributed by atoms with E-state index < -0.39 is 5.97 Å². The molecule has 31 heavy (non-hydrogen) atoms. The molecule has 4 nitrogen and oxygen atoms in total. The third-order valence-electron chi connectivity index (χ3n) is 6.28. The van der Waals surface area contributed by atoms with Gasteiger partial charge in [-0.2, -0.15) is 0 Å². The average Bonchev–Trinajstić information content (AvgIpc) is 3.17. The number of amides is 1. The number of allylic oxidation sites excluding steroid dienone is 1. The fraction of sp³-hybridized carbons (Fsp3) is 0.615. The Balaban J connectivity index is 2.06. The molecule has 5 heteroatoms. The number of rotatable bonds is 5. The Bertz CT molecular complexity index is 877. The Hall–Kier alpha value is -2.06. The van der Waals surface area contributed by atoms with Crippen LogP contribution in [0.5, 0.6) is 0 Å². The Labute approximate surface area is 191 Å². The first kappa shape index (κ1) is 23.6. The van der Waals surface area contributed by atoms with Gasteiger partial charge in [-0.3, -0.25) is 4.79 Å². The van der Waals surface area contributed by atoms with Crippen molar-refractivity contribution >= 4 is 28.9 Å². The second-order valence-corrected chi connectivity index (χ2v) is 10.8. The maximum absolute atomic E-state index is 13.7. The van der Waals surface area contributed by atoms with Gasteiger partial charge < -0.3 is 9.64 Å². The number of hydrogen-bond donors (Lipinski definition) is 0. The van der Waals surface area contributed by atoms with Crippen LogP contribution in [0.3, 0.4) is 0 Å². The summed E-state index contributed by atoms with van der Waals surface area (Å²) in [7, 11) is 1.39. The summed E-state index contributed by atoms with van der Waals surface area (Å²) in [6.45, 7) is 10.0. The van der Waals surface area contributed by atoms with Gasteiger partial charge in [0.25, 0.3) is 0 Å². The molecule has 1 amide bonds. The predicted molar refractivity (Wildman–Crippen MR) is 127 cm³/mol. The summed E-state index contributed by atoms with van der Waals surface area (Å²) < 4.78 is 5.09. The number of methoxy groups -OCH3 is 1. The van der Waals surface area contributed by atoms with E-state index in [0.29, 0.717) is 22.9 Å². The molecule has 168 valence electrons. The number of ether oxygens (including phenoxy) is 1. The van der Waals surface area contributed by atoms with Crippen LogP contribution in [0, 0.1) is 29.1 Å². The lowest BCUT2D eigenvalue weighted by molar-refractivity contribution is -0.125. The van der Waals surface area contributed by atoms with Crippen LogP contribution >= 0.6 is 11.3 Å². The van der Waals surface area contributed by atoms with Gasteiger partial charge in [0, 0.05) is 17.4 Å². The lowest BCUT2D eigenvalue weighted by atomic mass is 9.77. The summed E-state index contributed by atoms with van der Waals surface area (Å²) in [6.07, 6.45) is 10.4. The molecule has 2 heterocycles. The van der Waals surface area contributed by atoms with Crippen molar-refractivity contribution in [1.82, 2.24) is 0 Å². The molecule has 2 fully saturated rings. The average molecular weight is 442 g/mol. The second-order valence-electron chi connectivity index (χ2n) is 9.79. The molecule has 1 aromatic heterocycles. The maximum Gasteiger partial charge on any atom is 0.350 e. The van der Waals surface area contributed by atoms with Gasteiger partial charge in [0.1, 0.15) is 4.88 Å². The molecule has 0 bridgehead atoms. The number of esters is 1. The number of piperidine rings is 1. The molecule has 0 spiro atoms. The molecule has 2 aliphatic rings. The summed E-state index contributed by atoms with van der Waals surface area (Å²) in [5, 5.41) is 0. The maximum atomic E-state index is 13.7. The summed E-state index contributed by atoms with van der Waals surface area (Å²) in [6, 6.07) is 2.06. The molecule has 1 unspecified atom stereocenters. The minimum atomic E-state index is -0.398. The van der Waals surface area contributed by atoms with Gasteiger partial charge in [0.15, 0.2) is 0 Å². The van der Waals surface area contributed by atoms with Crippen LogP contribution in [0.25, 0.3) is 0 Å². The quantitative estimate of drug-likeness (QED) is 0.310. The standard InChI is InChI=1S/C26H35NO3S/c1-6-10-19-13-14-21(18-11-8-7-9-12-18)27(24(19)28)22-17-20(15-16-26(2,3)4)31-23(22)25(29)30-5/h6,17-19,21H,1,7-14H2,2-5H3/t19?,21-/m0/s1. The first-order valence-electron chi connectivity index (χ1n) is 11.4. The molecular weight excluding hydrogens is 406 g/mol. The van der Waals surface area contributed by atoms with Crippen molar-refractivity contribution in [3.63, 3.8) is 0 Å². The van der Waals surface area contributed by atoms with Crippen LogP contribution in [0.15, 0.2) is 18.7 Å². The van der Waals surface area contributed by atoms with Crippen LogP contribution in [0.1, 0.15) is 86.7 Å². The first-order valence-corrected chi connectivity index (χ1v) is 12.3. The second kappa shape index (κ2) is 10.0. The third-order valence-corrected chi connectivity index (χ3v) is 7.30.